The number of nitrogens with zero attached hydrogens (tertiary/aromatic N) is 1. The molecule has 5 nitrogen and oxygen atoms in total. The lowest BCUT2D eigenvalue weighted by atomic mass is 9.45. The van der Waals surface area contributed by atoms with Crippen molar-refractivity contribution < 1.29 is 14.5 Å². The second kappa shape index (κ2) is 7.50. The summed E-state index contributed by atoms with van der Waals surface area (Å²) < 4.78 is 0. The first-order valence-corrected chi connectivity index (χ1v) is 11.9. The van der Waals surface area contributed by atoms with Crippen molar-refractivity contribution in [1.29, 1.82) is 0 Å². The number of nitro groups is 1. The average molecular weight is 434 g/mol. The number of Topliss-reactive ketones (excluding diaryl/α,β-unsaturated/α-hetero) is 1. The van der Waals surface area contributed by atoms with Gasteiger partial charge in [0, 0.05) is 29.4 Å². The second-order valence-corrected chi connectivity index (χ2v) is 10.8. The highest BCUT2D eigenvalue weighted by molar-refractivity contribution is 6.01. The van der Waals surface area contributed by atoms with E-state index in [4.69, 9.17) is 0 Å². The van der Waals surface area contributed by atoms with E-state index >= 15 is 0 Å². The summed E-state index contributed by atoms with van der Waals surface area (Å²) in [7, 11) is 0. The summed E-state index contributed by atoms with van der Waals surface area (Å²) in [4.78, 5) is 35.9. The van der Waals surface area contributed by atoms with Crippen LogP contribution in [0.3, 0.4) is 0 Å². The molecular formula is C27H31NO4. The van der Waals surface area contributed by atoms with Crippen LogP contribution < -0.4 is 0 Å². The first-order valence-electron chi connectivity index (χ1n) is 11.9. The molecule has 0 saturated heterocycles. The van der Waals surface area contributed by atoms with Crippen molar-refractivity contribution in [2.75, 3.05) is 0 Å². The number of non-ortho nitro benzene ring substituents is 1. The van der Waals surface area contributed by atoms with Crippen LogP contribution in [0.15, 0.2) is 48.1 Å². The van der Waals surface area contributed by atoms with E-state index in [1.807, 2.05) is 12.1 Å². The van der Waals surface area contributed by atoms with Gasteiger partial charge in [-0.15, -0.1) is 0 Å². The Kier molecular flexibility index (Phi) is 4.99. The predicted octanol–water partition coefficient (Wildman–Crippen LogP) is 5.63. The van der Waals surface area contributed by atoms with Crippen molar-refractivity contribution in [2.45, 2.75) is 58.8 Å². The molecule has 4 aliphatic carbocycles. The van der Waals surface area contributed by atoms with Gasteiger partial charge in [0.05, 0.1) is 4.92 Å². The molecule has 0 radical (unpaired) electrons. The summed E-state index contributed by atoms with van der Waals surface area (Å²) in [6.07, 6.45) is 11.9. The number of rotatable bonds is 4. The minimum absolute atomic E-state index is 0.0741. The molecule has 0 heterocycles. The van der Waals surface area contributed by atoms with E-state index in [1.54, 1.807) is 18.2 Å². The molecule has 0 unspecified atom stereocenters. The molecule has 32 heavy (non-hydrogen) atoms. The van der Waals surface area contributed by atoms with Crippen molar-refractivity contribution in [1.82, 2.24) is 0 Å². The van der Waals surface area contributed by atoms with Crippen LogP contribution in [0.2, 0.25) is 0 Å². The van der Waals surface area contributed by atoms with Gasteiger partial charge in [0.1, 0.15) is 5.78 Å². The lowest BCUT2D eigenvalue weighted by molar-refractivity contribution is -0.384. The molecule has 1 aromatic carbocycles. The Hall–Kier alpha value is -2.56. The summed E-state index contributed by atoms with van der Waals surface area (Å²) >= 11 is 0. The van der Waals surface area contributed by atoms with Gasteiger partial charge in [0.25, 0.3) is 5.69 Å². The van der Waals surface area contributed by atoms with E-state index in [-0.39, 0.29) is 27.2 Å². The van der Waals surface area contributed by atoms with E-state index in [0.29, 0.717) is 35.9 Å². The Morgan fingerprint density at radius 1 is 1.16 bits per heavy atom. The molecule has 3 fully saturated rings. The second-order valence-electron chi connectivity index (χ2n) is 10.8. The molecule has 0 N–H and O–H groups in total. The zero-order valence-corrected chi connectivity index (χ0v) is 18.9. The third-order valence-electron chi connectivity index (χ3n) is 9.37. The number of aryl methyl sites for hydroxylation is 1. The molecule has 6 atom stereocenters. The van der Waals surface area contributed by atoms with Crippen LogP contribution in [-0.2, 0) is 16.0 Å². The van der Waals surface area contributed by atoms with Gasteiger partial charge in [-0.25, -0.2) is 0 Å². The summed E-state index contributed by atoms with van der Waals surface area (Å²) in [5, 5.41) is 11.2. The summed E-state index contributed by atoms with van der Waals surface area (Å²) in [5.74, 6) is 2.16. The van der Waals surface area contributed by atoms with Crippen LogP contribution in [0.4, 0.5) is 5.69 Å². The SMILES string of the molecule is C[C@]12C=CC(=O)C=C1C[C@@H](CCc1cccc([N+](=O)[O-])c1)[C@@H]1[C@@H]2CC[C@]2(C)C(=O)CC[C@@H]12. The smallest absolute Gasteiger partial charge is 0.269 e. The van der Waals surface area contributed by atoms with Gasteiger partial charge in [-0.2, -0.15) is 0 Å². The average Bonchev–Trinajstić information content (AvgIpc) is 3.07. The van der Waals surface area contributed by atoms with E-state index in [9.17, 15) is 19.7 Å². The van der Waals surface area contributed by atoms with E-state index in [0.717, 1.165) is 44.1 Å². The zero-order chi connectivity index (χ0) is 22.7. The van der Waals surface area contributed by atoms with Crippen molar-refractivity contribution in [2.24, 2.45) is 34.5 Å². The first kappa shape index (κ1) is 21.3. The fourth-order valence-corrected chi connectivity index (χ4v) is 7.59. The number of fused-ring (bicyclic) bond motifs is 5. The van der Waals surface area contributed by atoms with Crippen LogP contribution in [0.25, 0.3) is 0 Å². The van der Waals surface area contributed by atoms with E-state index in [2.05, 4.69) is 19.9 Å². The normalized spacial score (nSPS) is 38.0. The quantitative estimate of drug-likeness (QED) is 0.455. The summed E-state index contributed by atoms with van der Waals surface area (Å²) in [6.45, 7) is 4.48. The number of ketones is 2. The van der Waals surface area contributed by atoms with Crippen LogP contribution in [0, 0.1) is 44.6 Å². The van der Waals surface area contributed by atoms with Crippen LogP contribution in [0.5, 0.6) is 0 Å². The molecule has 5 heteroatoms. The minimum Gasteiger partial charge on any atom is -0.299 e. The maximum atomic E-state index is 12.9. The largest absolute Gasteiger partial charge is 0.299 e. The molecule has 1 aromatic rings. The van der Waals surface area contributed by atoms with Crippen molar-refractivity contribution >= 4 is 17.3 Å². The standard InChI is InChI=1S/C27H31NO4/c1-26-12-10-21(29)16-19(26)15-18(7-6-17-4-3-5-20(14-17)28(31)32)25-22-8-9-24(30)27(22,2)13-11-23(25)26/h3-5,10,12,14,16,18,22-23,25H,6-9,11,13,15H2,1-2H3/t18-,22+,23+,25+,26+,27+/m1/s1. The third kappa shape index (κ3) is 3.20. The predicted molar refractivity (Wildman–Crippen MR) is 122 cm³/mol. The van der Waals surface area contributed by atoms with Crippen molar-refractivity contribution in [3.05, 3.63) is 63.7 Å². The minimum atomic E-state index is -0.340. The Morgan fingerprint density at radius 3 is 2.75 bits per heavy atom. The van der Waals surface area contributed by atoms with Crippen LogP contribution >= 0.6 is 0 Å². The molecule has 0 spiro atoms. The van der Waals surface area contributed by atoms with E-state index in [1.165, 1.54) is 11.6 Å². The van der Waals surface area contributed by atoms with Crippen molar-refractivity contribution in [3.63, 3.8) is 0 Å². The molecule has 168 valence electrons. The third-order valence-corrected chi connectivity index (χ3v) is 9.37. The Bertz CT molecular complexity index is 1060. The fraction of sp³-hybridized carbons (Fsp3) is 0.556. The molecular weight excluding hydrogens is 402 g/mol. The maximum Gasteiger partial charge on any atom is 0.269 e. The van der Waals surface area contributed by atoms with Crippen LogP contribution in [-0.4, -0.2) is 16.5 Å². The van der Waals surface area contributed by atoms with Crippen LogP contribution in [0.1, 0.15) is 57.9 Å². The lowest BCUT2D eigenvalue weighted by Gasteiger charge is -2.58. The van der Waals surface area contributed by atoms with Gasteiger partial charge in [-0.3, -0.25) is 19.7 Å². The molecule has 4 aliphatic rings. The maximum absolute atomic E-state index is 12.9. The number of benzene rings is 1. The number of hydrogen-bond acceptors (Lipinski definition) is 4. The number of carbonyl (C=O) groups is 2. The van der Waals surface area contributed by atoms with Gasteiger partial charge in [0.2, 0.25) is 0 Å². The summed E-state index contributed by atoms with van der Waals surface area (Å²) in [5.41, 5.74) is 2.04. The fourth-order valence-electron chi connectivity index (χ4n) is 7.59. The molecule has 0 aromatic heterocycles. The highest BCUT2D eigenvalue weighted by Crippen LogP contribution is 2.65. The molecule has 0 bridgehead atoms. The number of carbonyl (C=O) groups excluding carboxylic acids is 2. The molecule has 0 amide bonds. The molecule has 3 saturated carbocycles. The van der Waals surface area contributed by atoms with Crippen molar-refractivity contribution in [3.8, 4) is 0 Å². The zero-order valence-electron chi connectivity index (χ0n) is 18.9. The highest BCUT2D eigenvalue weighted by Gasteiger charge is 2.60. The topological polar surface area (TPSA) is 77.3 Å². The van der Waals surface area contributed by atoms with Gasteiger partial charge in [0.15, 0.2) is 5.78 Å². The highest BCUT2D eigenvalue weighted by atomic mass is 16.6. The first-order chi connectivity index (χ1) is 15.2. The Balaban J connectivity index is 1.48. The Morgan fingerprint density at radius 2 is 1.97 bits per heavy atom. The van der Waals surface area contributed by atoms with Gasteiger partial charge < -0.3 is 0 Å². The number of hydrogen-bond donors (Lipinski definition) is 0. The molecule has 5 rings (SSSR count). The van der Waals surface area contributed by atoms with Gasteiger partial charge >= 0.3 is 0 Å². The Labute approximate surface area is 189 Å². The number of allylic oxidation sites excluding steroid dienone is 4. The number of nitro benzene ring substituents is 1. The lowest BCUT2D eigenvalue weighted by Crippen LogP contribution is -2.53. The summed E-state index contributed by atoms with van der Waals surface area (Å²) in [6, 6.07) is 6.94. The van der Waals surface area contributed by atoms with Gasteiger partial charge in [-0.1, -0.05) is 37.6 Å². The van der Waals surface area contributed by atoms with Gasteiger partial charge in [-0.05, 0) is 79.9 Å². The molecule has 0 aliphatic heterocycles. The van der Waals surface area contributed by atoms with E-state index < -0.39 is 0 Å². The monoisotopic (exact) mass is 433 g/mol.